The van der Waals surface area contributed by atoms with Gasteiger partial charge in [0.2, 0.25) is 0 Å². The summed E-state index contributed by atoms with van der Waals surface area (Å²) in [5.41, 5.74) is 2.76. The summed E-state index contributed by atoms with van der Waals surface area (Å²) in [6, 6.07) is 13.0. The number of benzene rings is 2. The van der Waals surface area contributed by atoms with Crippen LogP contribution in [0.3, 0.4) is 0 Å². The average molecular weight is 507 g/mol. The monoisotopic (exact) mass is 506 g/mol. The summed E-state index contributed by atoms with van der Waals surface area (Å²) in [5.74, 6) is 0.779. The Bertz CT molecular complexity index is 1260. The fourth-order valence-electron chi connectivity index (χ4n) is 4.34. The third-order valence-electron chi connectivity index (χ3n) is 6.15. The molecule has 4 rings (SSSR count). The van der Waals surface area contributed by atoms with E-state index in [1.165, 1.54) is 12.0 Å². The third-order valence-corrected chi connectivity index (χ3v) is 6.15. The molecule has 0 aliphatic carbocycles. The van der Waals surface area contributed by atoms with Gasteiger partial charge in [0.25, 0.3) is 0 Å². The number of piperidine rings is 1. The molecule has 1 saturated heterocycles. The molecule has 2 heterocycles. The fraction of sp³-hybridized carbons (Fsp3) is 0.429. The minimum absolute atomic E-state index is 0.118. The first-order valence-electron chi connectivity index (χ1n) is 12.4. The Labute approximate surface area is 217 Å². The van der Waals surface area contributed by atoms with Crippen molar-refractivity contribution in [1.82, 2.24) is 14.9 Å². The highest BCUT2D eigenvalue weighted by Gasteiger charge is 2.39. The molecule has 2 atom stereocenters. The molecule has 1 amide bonds. The van der Waals surface area contributed by atoms with E-state index in [4.69, 9.17) is 19.2 Å². The number of aryl methyl sites for hydroxylation is 1. The van der Waals surface area contributed by atoms with Crippen LogP contribution in [0, 0.1) is 6.92 Å². The molecular formula is C28H34N4O5. The molecule has 1 aromatic heterocycles. The molecule has 0 unspecified atom stereocenters. The van der Waals surface area contributed by atoms with Crippen LogP contribution >= 0.6 is 0 Å². The summed E-state index contributed by atoms with van der Waals surface area (Å²) in [7, 11) is 1.32. The first kappa shape index (κ1) is 26.2. The third kappa shape index (κ3) is 6.47. The number of carbonyl (C=O) groups excluding carboxylic acids is 2. The summed E-state index contributed by atoms with van der Waals surface area (Å²) < 4.78 is 16.7. The zero-order chi connectivity index (χ0) is 26.6. The van der Waals surface area contributed by atoms with Gasteiger partial charge in [-0.1, -0.05) is 36.4 Å². The van der Waals surface area contributed by atoms with E-state index in [2.05, 4.69) is 10.3 Å². The van der Waals surface area contributed by atoms with E-state index in [9.17, 15) is 9.59 Å². The van der Waals surface area contributed by atoms with Crippen molar-refractivity contribution in [3.05, 3.63) is 59.8 Å². The quantitative estimate of drug-likeness (QED) is 0.473. The number of methoxy groups -OCH3 is 1. The highest BCUT2D eigenvalue weighted by Crippen LogP contribution is 2.30. The predicted molar refractivity (Wildman–Crippen MR) is 140 cm³/mol. The van der Waals surface area contributed by atoms with Crippen molar-refractivity contribution in [2.75, 3.05) is 19.0 Å². The van der Waals surface area contributed by atoms with Crippen LogP contribution in [-0.2, 0) is 20.9 Å². The van der Waals surface area contributed by atoms with Gasteiger partial charge in [-0.25, -0.2) is 14.6 Å². The molecule has 9 nitrogen and oxygen atoms in total. The lowest BCUT2D eigenvalue weighted by molar-refractivity contribution is -0.148. The van der Waals surface area contributed by atoms with Crippen LogP contribution in [0.4, 0.5) is 10.6 Å². The van der Waals surface area contributed by atoms with Crippen LogP contribution in [0.2, 0.25) is 0 Å². The van der Waals surface area contributed by atoms with E-state index >= 15 is 0 Å². The van der Waals surface area contributed by atoms with Crippen LogP contribution in [-0.4, -0.2) is 58.3 Å². The molecule has 1 aliphatic heterocycles. The van der Waals surface area contributed by atoms with Crippen LogP contribution in [0.25, 0.3) is 11.0 Å². The van der Waals surface area contributed by atoms with E-state index in [0.29, 0.717) is 43.1 Å². The van der Waals surface area contributed by atoms with Gasteiger partial charge in [-0.2, -0.15) is 0 Å². The molecule has 1 N–H and O–H groups in total. The topological polar surface area (TPSA) is 103 Å². The van der Waals surface area contributed by atoms with Gasteiger partial charge >= 0.3 is 12.1 Å². The summed E-state index contributed by atoms with van der Waals surface area (Å²) in [6.07, 6.45) is 2.11. The lowest BCUT2D eigenvalue weighted by atomic mass is 9.97. The van der Waals surface area contributed by atoms with Crippen molar-refractivity contribution in [1.29, 1.82) is 0 Å². The second kappa shape index (κ2) is 11.0. The Balaban J connectivity index is 1.52. The number of nitrogens with one attached hydrogen (secondary N) is 1. The van der Waals surface area contributed by atoms with Crippen molar-refractivity contribution >= 4 is 28.9 Å². The number of likely N-dealkylation sites (tertiary alicyclic amines) is 1. The molecule has 0 spiro atoms. The Kier molecular flexibility index (Phi) is 7.80. The molecule has 0 radical (unpaired) electrons. The van der Waals surface area contributed by atoms with Crippen molar-refractivity contribution in [2.45, 2.75) is 64.8 Å². The van der Waals surface area contributed by atoms with E-state index in [1.807, 2.05) is 49.4 Å². The number of anilines is 1. The van der Waals surface area contributed by atoms with Gasteiger partial charge in [0, 0.05) is 12.6 Å². The van der Waals surface area contributed by atoms with Crippen molar-refractivity contribution in [2.24, 2.45) is 0 Å². The smallest absolute Gasteiger partial charge is 0.411 e. The van der Waals surface area contributed by atoms with Crippen molar-refractivity contribution in [3.63, 3.8) is 0 Å². The number of rotatable bonds is 6. The van der Waals surface area contributed by atoms with Gasteiger partial charge in [-0.15, -0.1) is 0 Å². The number of hydrogen-bond donors (Lipinski definition) is 1. The molecule has 0 bridgehead atoms. The van der Waals surface area contributed by atoms with Gasteiger partial charge < -0.3 is 19.5 Å². The van der Waals surface area contributed by atoms with Gasteiger partial charge in [0.1, 0.15) is 29.6 Å². The molecule has 9 heteroatoms. The minimum Gasteiger partial charge on any atom is -0.486 e. The fourth-order valence-corrected chi connectivity index (χ4v) is 4.34. The van der Waals surface area contributed by atoms with Gasteiger partial charge in [0.15, 0.2) is 5.75 Å². The molecule has 37 heavy (non-hydrogen) atoms. The Morgan fingerprint density at radius 3 is 2.59 bits per heavy atom. The zero-order valence-electron chi connectivity index (χ0n) is 22.0. The van der Waals surface area contributed by atoms with Crippen LogP contribution in [0.1, 0.15) is 44.7 Å². The van der Waals surface area contributed by atoms with E-state index < -0.39 is 23.7 Å². The number of aromatic nitrogens is 2. The number of esters is 1. The highest BCUT2D eigenvalue weighted by molar-refractivity contribution is 5.84. The minimum atomic E-state index is -0.758. The highest BCUT2D eigenvalue weighted by atomic mass is 16.6. The second-order valence-electron chi connectivity index (χ2n) is 10.2. The largest absolute Gasteiger partial charge is 0.486 e. The summed E-state index contributed by atoms with van der Waals surface area (Å²) in [5, 5.41) is 3.39. The maximum atomic E-state index is 12.7. The molecule has 3 aromatic rings. The maximum absolute atomic E-state index is 12.7. The van der Waals surface area contributed by atoms with Crippen molar-refractivity contribution in [3.8, 4) is 5.75 Å². The standard InChI is InChI=1S/C28H34N4O5/c1-18-11-12-21-24(25(18)36-17-19-9-7-6-8-10-19)31-23(16-29-21)30-20-13-14-32(22(15-20)26(33)35-5)27(34)37-28(2,3)4/h6-12,16,20,22H,13-15,17H2,1-5H3,(H,30,31)/t20-,22-/m0/s1. The zero-order valence-corrected chi connectivity index (χ0v) is 22.0. The number of fused-ring (bicyclic) bond motifs is 1. The average Bonchev–Trinajstić information content (AvgIpc) is 2.87. The lowest BCUT2D eigenvalue weighted by Crippen LogP contribution is -2.54. The van der Waals surface area contributed by atoms with Crippen LogP contribution in [0.5, 0.6) is 5.75 Å². The Morgan fingerprint density at radius 2 is 1.89 bits per heavy atom. The van der Waals surface area contributed by atoms with Gasteiger partial charge in [-0.05, 0) is 57.7 Å². The summed E-state index contributed by atoms with van der Waals surface area (Å²) >= 11 is 0. The second-order valence-corrected chi connectivity index (χ2v) is 10.2. The van der Waals surface area contributed by atoms with E-state index in [0.717, 1.165) is 16.6 Å². The first-order valence-corrected chi connectivity index (χ1v) is 12.4. The number of carbonyl (C=O) groups is 2. The SMILES string of the molecule is COC(=O)[C@@H]1C[C@@H](Nc2cnc3ccc(C)c(OCc4ccccc4)c3n2)CCN1C(=O)OC(C)(C)C. The molecule has 1 fully saturated rings. The molecule has 196 valence electrons. The summed E-state index contributed by atoms with van der Waals surface area (Å²) in [4.78, 5) is 36.1. The number of ether oxygens (including phenoxy) is 3. The van der Waals surface area contributed by atoms with Gasteiger partial charge in [0.05, 0.1) is 18.8 Å². The number of amides is 1. The van der Waals surface area contributed by atoms with E-state index in [1.54, 1.807) is 27.0 Å². The lowest BCUT2D eigenvalue weighted by Gasteiger charge is -2.38. The Morgan fingerprint density at radius 1 is 1.14 bits per heavy atom. The van der Waals surface area contributed by atoms with E-state index in [-0.39, 0.29) is 6.04 Å². The normalized spacial score (nSPS) is 17.8. The molecule has 0 saturated carbocycles. The molecule has 1 aliphatic rings. The van der Waals surface area contributed by atoms with Crippen LogP contribution < -0.4 is 10.1 Å². The number of hydrogen-bond acceptors (Lipinski definition) is 8. The molecule has 2 aromatic carbocycles. The molecular weight excluding hydrogens is 472 g/mol. The first-order chi connectivity index (χ1) is 17.6. The van der Waals surface area contributed by atoms with Gasteiger partial charge in [-0.3, -0.25) is 9.88 Å². The Hall–Kier alpha value is -3.88. The summed E-state index contributed by atoms with van der Waals surface area (Å²) in [6.45, 7) is 8.13. The van der Waals surface area contributed by atoms with Crippen LogP contribution in [0.15, 0.2) is 48.7 Å². The number of nitrogens with zero attached hydrogens (tertiary/aromatic N) is 3. The van der Waals surface area contributed by atoms with Crippen molar-refractivity contribution < 1.29 is 23.8 Å². The predicted octanol–water partition coefficient (Wildman–Crippen LogP) is 4.87. The maximum Gasteiger partial charge on any atom is 0.411 e.